The summed E-state index contributed by atoms with van der Waals surface area (Å²) in [5, 5.41) is 7.91. The lowest BCUT2D eigenvalue weighted by Gasteiger charge is -2.18. The number of fused-ring (bicyclic) bond motifs is 1. The highest BCUT2D eigenvalue weighted by Gasteiger charge is 2.18. The monoisotopic (exact) mass is 176 g/mol. The van der Waals surface area contributed by atoms with E-state index in [1.165, 1.54) is 0 Å². The Morgan fingerprint density at radius 2 is 2.00 bits per heavy atom. The third-order valence-corrected chi connectivity index (χ3v) is 2.02. The predicted molar refractivity (Wildman–Crippen MR) is 49.5 cm³/mol. The van der Waals surface area contributed by atoms with E-state index in [9.17, 15) is 0 Å². The molecule has 0 radical (unpaired) electrons. The first-order valence-electron chi connectivity index (χ1n) is 4.23. The molecule has 0 unspecified atom stereocenters. The first kappa shape index (κ1) is 8.16. The highest BCUT2D eigenvalue weighted by Crippen LogP contribution is 2.23. The molecule has 13 heavy (non-hydrogen) atoms. The normalized spacial score (nSPS) is 12.2. The Hall–Kier alpha value is -1.45. The van der Waals surface area contributed by atoms with Crippen molar-refractivity contribution in [3.63, 3.8) is 0 Å². The number of aromatic nitrogens is 4. The summed E-state index contributed by atoms with van der Waals surface area (Å²) >= 11 is 0. The van der Waals surface area contributed by atoms with Gasteiger partial charge in [-0.2, -0.15) is 0 Å². The van der Waals surface area contributed by atoms with Crippen LogP contribution >= 0.6 is 0 Å². The summed E-state index contributed by atoms with van der Waals surface area (Å²) in [6.45, 7) is 6.41. The number of rotatable bonds is 0. The fraction of sp³-hybridized carbons (Fsp3) is 0.444. The van der Waals surface area contributed by atoms with Gasteiger partial charge in [0, 0.05) is 11.8 Å². The maximum Gasteiger partial charge on any atom is 0.167 e. The van der Waals surface area contributed by atoms with Crippen LogP contribution in [0.3, 0.4) is 0 Å². The van der Waals surface area contributed by atoms with E-state index < -0.39 is 0 Å². The van der Waals surface area contributed by atoms with Crippen molar-refractivity contribution in [3.05, 3.63) is 24.4 Å². The van der Waals surface area contributed by atoms with Crippen LogP contribution in [0.1, 0.15) is 26.3 Å². The van der Waals surface area contributed by atoms with Gasteiger partial charge in [-0.15, -0.1) is 10.2 Å². The molecule has 0 saturated heterocycles. The van der Waals surface area contributed by atoms with Gasteiger partial charge in [0.2, 0.25) is 0 Å². The van der Waals surface area contributed by atoms with Gasteiger partial charge in [-0.1, -0.05) is 20.8 Å². The van der Waals surface area contributed by atoms with Crippen LogP contribution in [0.4, 0.5) is 0 Å². The Kier molecular flexibility index (Phi) is 1.58. The highest BCUT2D eigenvalue weighted by molar-refractivity contribution is 5.48. The van der Waals surface area contributed by atoms with Crippen molar-refractivity contribution in [2.75, 3.05) is 0 Å². The van der Waals surface area contributed by atoms with E-state index >= 15 is 0 Å². The molecule has 2 aromatic heterocycles. The molecule has 0 aliphatic heterocycles. The van der Waals surface area contributed by atoms with E-state index in [0.717, 1.165) is 11.2 Å². The Bertz CT molecular complexity index is 424. The van der Waals surface area contributed by atoms with Gasteiger partial charge in [0.15, 0.2) is 5.65 Å². The molecule has 0 aliphatic carbocycles. The topological polar surface area (TPSA) is 43.1 Å². The van der Waals surface area contributed by atoms with Crippen LogP contribution in [0, 0.1) is 0 Å². The first-order chi connectivity index (χ1) is 6.09. The third-order valence-electron chi connectivity index (χ3n) is 2.02. The van der Waals surface area contributed by atoms with Crippen molar-refractivity contribution in [1.29, 1.82) is 0 Å². The minimum atomic E-state index is 0.0581. The summed E-state index contributed by atoms with van der Waals surface area (Å²) in [5.41, 5.74) is 2.07. The maximum absolute atomic E-state index is 4.13. The zero-order chi connectivity index (χ0) is 9.47. The van der Waals surface area contributed by atoms with E-state index in [1.807, 2.05) is 10.6 Å². The molecule has 0 aliphatic rings. The zero-order valence-electron chi connectivity index (χ0n) is 8.02. The maximum atomic E-state index is 4.13. The van der Waals surface area contributed by atoms with E-state index in [1.54, 1.807) is 12.7 Å². The van der Waals surface area contributed by atoms with Gasteiger partial charge in [0.05, 0.1) is 0 Å². The fourth-order valence-corrected chi connectivity index (χ4v) is 1.29. The molecule has 0 N–H and O–H groups in total. The number of nitrogens with zero attached hydrogens (tertiary/aromatic N) is 4. The first-order valence-corrected chi connectivity index (χ1v) is 4.23. The van der Waals surface area contributed by atoms with Gasteiger partial charge in [-0.3, -0.25) is 4.40 Å². The molecule has 4 heteroatoms. The van der Waals surface area contributed by atoms with Crippen LogP contribution in [0.2, 0.25) is 0 Å². The van der Waals surface area contributed by atoms with E-state index in [-0.39, 0.29) is 5.41 Å². The van der Waals surface area contributed by atoms with Crippen LogP contribution in [0.15, 0.2) is 18.9 Å². The minimum Gasteiger partial charge on any atom is -0.272 e. The highest BCUT2D eigenvalue weighted by atomic mass is 15.2. The summed E-state index contributed by atoms with van der Waals surface area (Å²) in [4.78, 5) is 4.13. The molecular weight excluding hydrogens is 164 g/mol. The second-order valence-electron chi connectivity index (χ2n) is 4.12. The van der Waals surface area contributed by atoms with Crippen LogP contribution in [-0.4, -0.2) is 19.6 Å². The minimum absolute atomic E-state index is 0.0581. The standard InChI is InChI=1S/C9H12N4/c1-9(2,3)7-4-10-5-13-6-11-12-8(7)13/h4-6H,1-3H3. The molecule has 2 aromatic rings. The van der Waals surface area contributed by atoms with Gasteiger partial charge in [-0.05, 0) is 5.41 Å². The molecular formula is C9H12N4. The van der Waals surface area contributed by atoms with Crippen molar-refractivity contribution in [2.24, 2.45) is 0 Å². The molecule has 2 rings (SSSR count). The number of hydrogen-bond donors (Lipinski definition) is 0. The smallest absolute Gasteiger partial charge is 0.167 e. The molecule has 0 bridgehead atoms. The fourth-order valence-electron chi connectivity index (χ4n) is 1.29. The van der Waals surface area contributed by atoms with Crippen molar-refractivity contribution in [1.82, 2.24) is 19.6 Å². The summed E-state index contributed by atoms with van der Waals surface area (Å²) in [6, 6.07) is 0. The molecule has 0 aromatic carbocycles. The van der Waals surface area contributed by atoms with Crippen LogP contribution in [0.25, 0.3) is 5.65 Å². The molecule has 0 atom stereocenters. The summed E-state index contributed by atoms with van der Waals surface area (Å²) < 4.78 is 1.83. The molecule has 4 nitrogen and oxygen atoms in total. The lowest BCUT2D eigenvalue weighted by molar-refractivity contribution is 0.588. The molecule has 2 heterocycles. The lowest BCUT2D eigenvalue weighted by Crippen LogP contribution is -2.13. The van der Waals surface area contributed by atoms with Gasteiger partial charge in [0.25, 0.3) is 0 Å². The summed E-state index contributed by atoms with van der Waals surface area (Å²) in [7, 11) is 0. The second-order valence-corrected chi connectivity index (χ2v) is 4.12. The van der Waals surface area contributed by atoms with Crippen molar-refractivity contribution >= 4 is 5.65 Å². The largest absolute Gasteiger partial charge is 0.272 e. The second kappa shape index (κ2) is 2.52. The number of hydrogen-bond acceptors (Lipinski definition) is 3. The SMILES string of the molecule is CC(C)(C)c1cncn2cnnc12. The van der Waals surface area contributed by atoms with Crippen molar-refractivity contribution in [2.45, 2.75) is 26.2 Å². The average Bonchev–Trinajstić information content (AvgIpc) is 2.48. The Balaban J connectivity index is 2.75. The van der Waals surface area contributed by atoms with Crippen molar-refractivity contribution in [3.8, 4) is 0 Å². The van der Waals surface area contributed by atoms with Crippen molar-refractivity contribution < 1.29 is 0 Å². The molecule has 0 spiro atoms. The summed E-state index contributed by atoms with van der Waals surface area (Å²) in [6.07, 6.45) is 5.23. The predicted octanol–water partition coefficient (Wildman–Crippen LogP) is 1.42. The molecule has 0 amide bonds. The Morgan fingerprint density at radius 1 is 1.23 bits per heavy atom. The quantitative estimate of drug-likeness (QED) is 0.609. The van der Waals surface area contributed by atoms with Gasteiger partial charge >= 0.3 is 0 Å². The van der Waals surface area contributed by atoms with Gasteiger partial charge < -0.3 is 0 Å². The van der Waals surface area contributed by atoms with Crippen LogP contribution in [0.5, 0.6) is 0 Å². The molecule has 0 saturated carbocycles. The van der Waals surface area contributed by atoms with Crippen LogP contribution < -0.4 is 0 Å². The van der Waals surface area contributed by atoms with Crippen LogP contribution in [-0.2, 0) is 5.41 Å². The average molecular weight is 176 g/mol. The van der Waals surface area contributed by atoms with Gasteiger partial charge in [0.1, 0.15) is 12.7 Å². The molecule has 0 fully saturated rings. The third kappa shape index (κ3) is 1.28. The Labute approximate surface area is 76.6 Å². The molecule has 68 valence electrons. The van der Waals surface area contributed by atoms with Gasteiger partial charge in [-0.25, -0.2) is 4.98 Å². The van der Waals surface area contributed by atoms with E-state index in [4.69, 9.17) is 0 Å². The zero-order valence-corrected chi connectivity index (χ0v) is 8.02. The van der Waals surface area contributed by atoms with E-state index in [2.05, 4.69) is 36.0 Å². The summed E-state index contributed by atoms with van der Waals surface area (Å²) in [5.74, 6) is 0. The Morgan fingerprint density at radius 3 is 2.69 bits per heavy atom. The lowest BCUT2D eigenvalue weighted by atomic mass is 9.89. The van der Waals surface area contributed by atoms with E-state index in [0.29, 0.717) is 0 Å².